The van der Waals surface area contributed by atoms with Crippen molar-refractivity contribution in [2.24, 2.45) is 0 Å². The molecule has 1 unspecified atom stereocenters. The predicted molar refractivity (Wildman–Crippen MR) is 74.7 cm³/mol. The normalized spacial score (nSPS) is 12.3. The highest BCUT2D eigenvalue weighted by molar-refractivity contribution is 9.10. The van der Waals surface area contributed by atoms with Gasteiger partial charge in [-0.2, -0.15) is 0 Å². The van der Waals surface area contributed by atoms with Crippen molar-refractivity contribution in [2.75, 3.05) is 7.11 Å². The molecule has 1 atom stereocenters. The number of hydrogen-bond donors (Lipinski definition) is 0. The Morgan fingerprint density at radius 1 is 1.05 bits per heavy atom. The van der Waals surface area contributed by atoms with E-state index in [-0.39, 0.29) is 10.2 Å². The molecule has 2 aromatic carbocycles. The van der Waals surface area contributed by atoms with Crippen LogP contribution in [0, 0.1) is 17.5 Å². The Bertz CT molecular complexity index is 649. The third-order valence-corrected chi connectivity index (χ3v) is 3.88. The van der Waals surface area contributed by atoms with Gasteiger partial charge in [0.25, 0.3) is 0 Å². The Morgan fingerprint density at radius 3 is 2.35 bits per heavy atom. The molecule has 0 saturated heterocycles. The third kappa shape index (κ3) is 2.94. The van der Waals surface area contributed by atoms with Crippen LogP contribution in [0.25, 0.3) is 0 Å². The fourth-order valence-corrected chi connectivity index (χ4v) is 2.44. The molecule has 0 amide bonds. The van der Waals surface area contributed by atoms with Gasteiger partial charge < -0.3 is 4.74 Å². The smallest absolute Gasteiger partial charge is 0.159 e. The maximum absolute atomic E-state index is 13.4. The summed E-state index contributed by atoms with van der Waals surface area (Å²) in [4.78, 5) is 0. The first kappa shape index (κ1) is 15.2. The zero-order valence-corrected chi connectivity index (χ0v) is 12.6. The molecule has 0 aliphatic heterocycles. The standard InChI is InChI=1S/C14H9BrClF3O/c1-20-13-6-11(18)9(15)5-8(13)14(16)7-2-3-10(17)12(19)4-7/h2-6,14H,1H3. The van der Waals surface area contributed by atoms with Crippen LogP contribution in [0.15, 0.2) is 34.8 Å². The maximum atomic E-state index is 13.4. The Kier molecular flexibility index (Phi) is 4.60. The summed E-state index contributed by atoms with van der Waals surface area (Å²) in [6, 6.07) is 5.99. The van der Waals surface area contributed by atoms with E-state index in [9.17, 15) is 13.2 Å². The summed E-state index contributed by atoms with van der Waals surface area (Å²) in [5.41, 5.74) is 0.802. The molecule has 0 aliphatic rings. The largest absolute Gasteiger partial charge is 0.496 e. The molecule has 20 heavy (non-hydrogen) atoms. The van der Waals surface area contributed by atoms with E-state index in [1.807, 2.05) is 0 Å². The van der Waals surface area contributed by atoms with Gasteiger partial charge in [-0.25, -0.2) is 13.2 Å². The summed E-state index contributed by atoms with van der Waals surface area (Å²) in [5, 5.41) is -0.794. The second kappa shape index (κ2) is 6.06. The molecule has 0 radical (unpaired) electrons. The van der Waals surface area contributed by atoms with E-state index in [0.29, 0.717) is 11.1 Å². The van der Waals surface area contributed by atoms with Crippen LogP contribution in [0.1, 0.15) is 16.5 Å². The molecule has 0 aliphatic carbocycles. The maximum Gasteiger partial charge on any atom is 0.159 e. The molecule has 0 aromatic heterocycles. The van der Waals surface area contributed by atoms with Gasteiger partial charge in [0.05, 0.1) is 17.0 Å². The van der Waals surface area contributed by atoms with Crippen LogP contribution in [0.2, 0.25) is 0 Å². The highest BCUT2D eigenvalue weighted by atomic mass is 79.9. The van der Waals surface area contributed by atoms with Crippen LogP contribution in [0.5, 0.6) is 5.75 Å². The number of ether oxygens (including phenoxy) is 1. The van der Waals surface area contributed by atoms with Crippen molar-refractivity contribution >= 4 is 27.5 Å². The van der Waals surface area contributed by atoms with Crippen molar-refractivity contribution in [2.45, 2.75) is 5.38 Å². The van der Waals surface area contributed by atoms with E-state index in [0.717, 1.165) is 12.1 Å². The molecule has 6 heteroatoms. The molecule has 0 N–H and O–H groups in total. The fourth-order valence-electron chi connectivity index (χ4n) is 1.77. The average Bonchev–Trinajstić information content (AvgIpc) is 2.43. The number of benzene rings is 2. The molecule has 0 spiro atoms. The summed E-state index contributed by atoms with van der Waals surface area (Å²) in [7, 11) is 1.38. The summed E-state index contributed by atoms with van der Waals surface area (Å²) >= 11 is 9.30. The summed E-state index contributed by atoms with van der Waals surface area (Å²) in [6.07, 6.45) is 0. The monoisotopic (exact) mass is 364 g/mol. The lowest BCUT2D eigenvalue weighted by molar-refractivity contribution is 0.406. The summed E-state index contributed by atoms with van der Waals surface area (Å²) < 4.78 is 44.9. The minimum Gasteiger partial charge on any atom is -0.496 e. The molecule has 0 saturated carbocycles. The molecule has 2 aromatic rings. The van der Waals surface area contributed by atoms with E-state index in [1.54, 1.807) is 0 Å². The van der Waals surface area contributed by atoms with E-state index < -0.39 is 22.8 Å². The highest BCUT2D eigenvalue weighted by Crippen LogP contribution is 2.38. The van der Waals surface area contributed by atoms with Gasteiger partial charge in [-0.1, -0.05) is 6.07 Å². The average molecular weight is 366 g/mol. The molecule has 0 heterocycles. The molecule has 106 valence electrons. The van der Waals surface area contributed by atoms with Crippen molar-refractivity contribution in [1.82, 2.24) is 0 Å². The minimum atomic E-state index is -0.992. The Hall–Kier alpha value is -1.20. The van der Waals surface area contributed by atoms with Crippen molar-refractivity contribution in [3.8, 4) is 5.75 Å². The lowest BCUT2D eigenvalue weighted by atomic mass is 10.0. The number of hydrogen-bond acceptors (Lipinski definition) is 1. The van der Waals surface area contributed by atoms with E-state index in [4.69, 9.17) is 16.3 Å². The molecule has 0 bridgehead atoms. The van der Waals surface area contributed by atoms with Gasteiger partial charge in [0.2, 0.25) is 0 Å². The number of methoxy groups -OCH3 is 1. The zero-order valence-electron chi connectivity index (χ0n) is 10.3. The van der Waals surface area contributed by atoms with Gasteiger partial charge >= 0.3 is 0 Å². The molecular formula is C14H9BrClF3O. The van der Waals surface area contributed by atoms with Crippen LogP contribution < -0.4 is 4.74 Å². The molecule has 2 rings (SSSR count). The second-order valence-electron chi connectivity index (χ2n) is 4.04. The molecule has 0 fully saturated rings. The van der Waals surface area contributed by atoms with Crippen LogP contribution in [-0.4, -0.2) is 7.11 Å². The van der Waals surface area contributed by atoms with Gasteiger partial charge in [0.1, 0.15) is 11.6 Å². The first-order valence-corrected chi connectivity index (χ1v) is 6.79. The summed E-state index contributed by atoms with van der Waals surface area (Å²) in [6.45, 7) is 0. The van der Waals surface area contributed by atoms with Gasteiger partial charge in [0, 0.05) is 11.6 Å². The fraction of sp³-hybridized carbons (Fsp3) is 0.143. The van der Waals surface area contributed by atoms with E-state index in [1.165, 1.54) is 25.3 Å². The Morgan fingerprint density at radius 2 is 1.75 bits per heavy atom. The van der Waals surface area contributed by atoms with Crippen molar-refractivity contribution in [3.05, 3.63) is 63.4 Å². The number of halogens is 5. The van der Waals surface area contributed by atoms with E-state index >= 15 is 0 Å². The van der Waals surface area contributed by atoms with Gasteiger partial charge in [-0.3, -0.25) is 0 Å². The highest BCUT2D eigenvalue weighted by Gasteiger charge is 2.19. The summed E-state index contributed by atoms with van der Waals surface area (Å²) in [5.74, 6) is -2.21. The topological polar surface area (TPSA) is 9.23 Å². The van der Waals surface area contributed by atoms with Crippen LogP contribution in [0.4, 0.5) is 13.2 Å². The lowest BCUT2D eigenvalue weighted by Gasteiger charge is -2.15. The Balaban J connectivity index is 2.49. The van der Waals surface area contributed by atoms with Crippen LogP contribution in [0.3, 0.4) is 0 Å². The predicted octanol–water partition coefficient (Wildman–Crippen LogP) is 5.20. The van der Waals surface area contributed by atoms with Crippen molar-refractivity contribution in [3.63, 3.8) is 0 Å². The van der Waals surface area contributed by atoms with Crippen LogP contribution >= 0.6 is 27.5 Å². The Labute approximate surface area is 127 Å². The second-order valence-corrected chi connectivity index (χ2v) is 5.34. The first-order chi connectivity index (χ1) is 9.43. The zero-order chi connectivity index (χ0) is 14.9. The van der Waals surface area contributed by atoms with Crippen molar-refractivity contribution < 1.29 is 17.9 Å². The van der Waals surface area contributed by atoms with Gasteiger partial charge in [0.15, 0.2) is 11.6 Å². The van der Waals surface area contributed by atoms with Crippen LogP contribution in [-0.2, 0) is 0 Å². The third-order valence-electron chi connectivity index (χ3n) is 2.78. The minimum absolute atomic E-state index is 0.210. The number of alkyl halides is 1. The first-order valence-electron chi connectivity index (χ1n) is 5.56. The van der Waals surface area contributed by atoms with Crippen molar-refractivity contribution in [1.29, 1.82) is 0 Å². The van der Waals surface area contributed by atoms with Gasteiger partial charge in [-0.15, -0.1) is 11.6 Å². The molecule has 1 nitrogen and oxygen atoms in total. The SMILES string of the molecule is COc1cc(F)c(Br)cc1C(Cl)c1ccc(F)c(F)c1. The lowest BCUT2D eigenvalue weighted by Crippen LogP contribution is -2.00. The van der Waals surface area contributed by atoms with E-state index in [2.05, 4.69) is 15.9 Å². The van der Waals surface area contributed by atoms with Gasteiger partial charge in [-0.05, 0) is 39.7 Å². The quantitative estimate of drug-likeness (QED) is 0.679. The molecular weight excluding hydrogens is 357 g/mol. The number of rotatable bonds is 3.